The van der Waals surface area contributed by atoms with Crippen LogP contribution in [0.25, 0.3) is 0 Å². The number of benzene rings is 3. The van der Waals surface area contributed by atoms with Gasteiger partial charge in [-0.25, -0.2) is 9.59 Å². The van der Waals surface area contributed by atoms with Crippen LogP contribution in [0.5, 0.6) is 17.2 Å². The molecule has 3 aromatic carbocycles. The average molecular weight is 1310 g/mol. The molecule has 3 aromatic rings. The number of phenols is 2. The number of Topliss-reactive ketones (excluding diaryl/α,β-unsaturated/α-hetero) is 1. The second kappa shape index (κ2) is 29.1. The third kappa shape index (κ3) is 15.1. The Kier molecular flexibility index (Phi) is 21.6. The van der Waals surface area contributed by atoms with Crippen LogP contribution in [0.1, 0.15) is 130 Å². The van der Waals surface area contributed by atoms with Gasteiger partial charge in [0.15, 0.2) is 31.2 Å². The average Bonchev–Trinajstić information content (AvgIpc) is 0.892. The molecule has 0 aromatic heterocycles. The summed E-state index contributed by atoms with van der Waals surface area (Å²) in [5.41, 5.74) is -3.44. The quantitative estimate of drug-likeness (QED) is 0.0276. The summed E-state index contributed by atoms with van der Waals surface area (Å²) in [5, 5.41) is 54.4. The number of hydrogen-bond acceptors (Lipinski definition) is 22. The molecule has 28 nitrogen and oxygen atoms in total. The van der Waals surface area contributed by atoms with Gasteiger partial charge in [0.25, 0.3) is 11.8 Å². The molecule has 94 heavy (non-hydrogen) atoms. The van der Waals surface area contributed by atoms with Gasteiger partial charge in [0.05, 0.1) is 48.3 Å². The first-order valence-electron chi connectivity index (χ1n) is 31.4. The number of fused-ring (bicyclic) bond motifs is 6. The molecule has 0 unspecified atom stereocenters. The Labute approximate surface area is 543 Å². The van der Waals surface area contributed by atoms with Gasteiger partial charge in [-0.1, -0.05) is 58.4 Å². The number of amides is 7. The zero-order valence-corrected chi connectivity index (χ0v) is 54.4. The first-order chi connectivity index (χ1) is 44.5. The number of anilines is 1. The SMILES string of the molecule is COc1cccc2c1C(=N)c1c(O)c3c(c(O)c1C2=O)C[C@@](O)(C(=O)COC(=O)N(C)CC(C)(C)CN(C)C(=O)OCc1ccc(NC(=O)[C@H](C)NC(=O)[C@@H](NC(=O)CCCCCN2C(=O)C=CC2=O)C(C)C)cc1)C[C@@H]3O[C@H]1C[C@H]2[C@H](O[C@@H]3[C@@H](OC)OCCN32)[C@H](C)O1. The van der Waals surface area contributed by atoms with Crippen LogP contribution in [0.15, 0.2) is 54.6 Å². The number of carbonyl (C=O) groups excluding carboxylic acids is 9. The smallest absolute Gasteiger partial charge is 0.409 e. The number of hydrogen-bond donors (Lipinski definition) is 7. The van der Waals surface area contributed by atoms with Gasteiger partial charge >= 0.3 is 12.2 Å². The maximum absolute atomic E-state index is 14.4. The molecule has 9 rings (SSSR count). The Morgan fingerprint density at radius 1 is 0.851 bits per heavy atom. The number of nitrogens with one attached hydrogen (secondary N) is 4. The summed E-state index contributed by atoms with van der Waals surface area (Å²) in [7, 11) is 5.84. The van der Waals surface area contributed by atoms with E-state index in [0.717, 1.165) is 4.90 Å². The van der Waals surface area contributed by atoms with Gasteiger partial charge in [-0.15, -0.1) is 0 Å². The molecule has 3 fully saturated rings. The van der Waals surface area contributed by atoms with Crippen molar-refractivity contribution in [2.24, 2.45) is 11.3 Å². The van der Waals surface area contributed by atoms with Gasteiger partial charge in [0.1, 0.15) is 47.6 Å². The monoisotopic (exact) mass is 1310 g/mol. The number of nitrogens with zero attached hydrogens (tertiary/aromatic N) is 4. The third-order valence-corrected chi connectivity index (χ3v) is 17.8. The maximum Gasteiger partial charge on any atom is 0.409 e. The minimum atomic E-state index is -2.44. The zero-order chi connectivity index (χ0) is 68.2. The fourth-order valence-corrected chi connectivity index (χ4v) is 13.1. The molecule has 0 spiro atoms. The molecule has 4 aliphatic heterocycles. The highest BCUT2D eigenvalue weighted by Crippen LogP contribution is 2.53. The zero-order valence-electron chi connectivity index (χ0n) is 54.4. The van der Waals surface area contributed by atoms with Crippen molar-refractivity contribution in [3.8, 4) is 17.2 Å². The standard InChI is InChI=1S/C66H84N8O20/c1-34(2)54(70-45(76)17-12-11-13-24-74-46(77)22-23-47(74)78)60(83)68-35(3)59(82)69-38-20-18-37(19-21-38)30-90-63(84)71(7)32-65(5,6)33-72(8)64(85)91-31-44(75)66(86)28-40-50(57(81)51-52(56(40)80)55(79)39-15-14-16-42(87-9)49(39)53(51)67)43(29-66)93-48-27-41-58(36(4)92-48)94-61-62(88-10)89-26-25-73(41)61/h14-16,18-23,34-36,41,43,48,54,58,61-62,67,80-81,86H,11-13,17,24-33H2,1-10H3,(H,68,83)(H,69,82)(H,70,76)/t35-,36-,41-,43-,48-,54-,58+,61+,62-,66-/m0/s1. The van der Waals surface area contributed by atoms with Crippen LogP contribution in [0.3, 0.4) is 0 Å². The van der Waals surface area contributed by atoms with E-state index in [1.54, 1.807) is 64.1 Å². The highest BCUT2D eigenvalue weighted by atomic mass is 16.7. The van der Waals surface area contributed by atoms with Crippen molar-refractivity contribution in [3.63, 3.8) is 0 Å². The van der Waals surface area contributed by atoms with Crippen molar-refractivity contribution in [2.45, 2.75) is 154 Å². The summed E-state index contributed by atoms with van der Waals surface area (Å²) in [6, 6.07) is 8.88. The Hall–Kier alpha value is -8.38. The van der Waals surface area contributed by atoms with Crippen LogP contribution in [-0.4, -0.2) is 216 Å². The fourth-order valence-electron chi connectivity index (χ4n) is 13.1. The number of aliphatic hydroxyl groups is 1. The number of morpholine rings is 1. The number of aromatic hydroxyl groups is 2. The number of phenolic OH excluding ortho intramolecular Hbond substituents is 2. The van der Waals surface area contributed by atoms with E-state index in [1.165, 1.54) is 63.3 Å². The van der Waals surface area contributed by atoms with Crippen LogP contribution < -0.4 is 20.7 Å². The van der Waals surface area contributed by atoms with E-state index in [4.69, 9.17) is 37.9 Å². The van der Waals surface area contributed by atoms with E-state index in [-0.39, 0.29) is 108 Å². The number of ketones is 2. The van der Waals surface area contributed by atoms with E-state index in [1.807, 2.05) is 6.92 Å². The van der Waals surface area contributed by atoms with Crippen molar-refractivity contribution in [1.29, 1.82) is 5.41 Å². The fraction of sp³-hybridized carbons (Fsp3) is 0.545. The van der Waals surface area contributed by atoms with Gasteiger partial charge < -0.3 is 79.0 Å². The van der Waals surface area contributed by atoms with Gasteiger partial charge in [-0.3, -0.25) is 48.8 Å². The molecule has 2 aliphatic carbocycles. The van der Waals surface area contributed by atoms with Gasteiger partial charge in [-0.05, 0) is 56.4 Å². The largest absolute Gasteiger partial charge is 0.507 e. The molecule has 6 aliphatic rings. The minimum Gasteiger partial charge on any atom is -0.507 e. The number of imide groups is 1. The Morgan fingerprint density at radius 3 is 2.19 bits per heavy atom. The molecule has 0 bridgehead atoms. The molecular weight excluding hydrogens is 1220 g/mol. The highest BCUT2D eigenvalue weighted by molar-refractivity contribution is 6.32. The lowest BCUT2D eigenvalue weighted by molar-refractivity contribution is -0.256. The Balaban J connectivity index is 0.762. The summed E-state index contributed by atoms with van der Waals surface area (Å²) < 4.78 is 47.4. The molecule has 4 heterocycles. The summed E-state index contributed by atoms with van der Waals surface area (Å²) in [6.45, 7) is 10.6. The summed E-state index contributed by atoms with van der Waals surface area (Å²) in [4.78, 5) is 124. The van der Waals surface area contributed by atoms with Gasteiger partial charge in [0.2, 0.25) is 23.5 Å². The highest BCUT2D eigenvalue weighted by Gasteiger charge is 2.55. The number of ether oxygens (including phenoxy) is 8. The molecule has 7 N–H and O–H groups in total. The first-order valence-corrected chi connectivity index (χ1v) is 31.4. The minimum absolute atomic E-state index is 0.00593. The summed E-state index contributed by atoms with van der Waals surface area (Å²) in [6.07, 6.45) is -3.10. The number of methoxy groups -OCH3 is 2. The predicted octanol–water partition coefficient (Wildman–Crippen LogP) is 4.34. The van der Waals surface area contributed by atoms with Crippen molar-refractivity contribution in [1.82, 2.24) is 30.2 Å². The van der Waals surface area contributed by atoms with Gasteiger partial charge in [0, 0.05) is 119 Å². The topological polar surface area (TPSA) is 361 Å². The van der Waals surface area contributed by atoms with Gasteiger partial charge in [-0.2, -0.15) is 0 Å². The summed E-state index contributed by atoms with van der Waals surface area (Å²) in [5.74, 6) is -5.27. The molecule has 28 heteroatoms. The molecule has 10 atom stereocenters. The van der Waals surface area contributed by atoms with Crippen LogP contribution in [-0.2, 0) is 75.0 Å². The molecular formula is C66H84N8O20. The lowest BCUT2D eigenvalue weighted by atomic mass is 9.71. The van der Waals surface area contributed by atoms with Crippen LogP contribution in [0, 0.1) is 16.7 Å². The first kappa shape index (κ1) is 69.9. The normalized spacial score (nSPS) is 23.7. The van der Waals surface area contributed by atoms with Crippen LogP contribution in [0.2, 0.25) is 0 Å². The summed E-state index contributed by atoms with van der Waals surface area (Å²) >= 11 is 0. The third-order valence-electron chi connectivity index (χ3n) is 17.8. The van der Waals surface area contributed by atoms with E-state index in [0.29, 0.717) is 43.7 Å². The van der Waals surface area contributed by atoms with E-state index in [2.05, 4.69) is 20.9 Å². The predicted molar refractivity (Wildman–Crippen MR) is 333 cm³/mol. The van der Waals surface area contributed by atoms with Crippen molar-refractivity contribution < 1.29 is 96.4 Å². The Morgan fingerprint density at radius 2 is 1.53 bits per heavy atom. The molecule has 508 valence electrons. The van der Waals surface area contributed by atoms with Crippen molar-refractivity contribution in [3.05, 3.63) is 93.6 Å². The molecule has 7 amide bonds. The van der Waals surface area contributed by atoms with Crippen LogP contribution in [0.4, 0.5) is 15.3 Å². The van der Waals surface area contributed by atoms with Crippen molar-refractivity contribution in [2.75, 3.05) is 73.0 Å². The van der Waals surface area contributed by atoms with E-state index < -0.39 is 132 Å². The van der Waals surface area contributed by atoms with E-state index in [9.17, 15) is 63.9 Å². The maximum atomic E-state index is 14.4. The van der Waals surface area contributed by atoms with E-state index >= 15 is 0 Å². The Bertz CT molecular complexity index is 3470. The van der Waals surface area contributed by atoms with Crippen LogP contribution >= 0.6 is 0 Å². The number of rotatable bonds is 25. The molecule has 3 saturated heterocycles. The molecule has 0 saturated carbocycles. The lowest BCUT2D eigenvalue weighted by Crippen LogP contribution is -2.55. The lowest BCUT2D eigenvalue weighted by Gasteiger charge is -2.43. The molecule has 0 radical (unpaired) electrons. The number of unbranched alkanes of at least 4 members (excludes halogenated alkanes) is 2. The van der Waals surface area contributed by atoms with Crippen molar-refractivity contribution >= 4 is 64.7 Å². The second-order valence-corrected chi connectivity index (χ2v) is 25.8. The number of carbonyl (C=O) groups is 9. The second-order valence-electron chi connectivity index (χ2n) is 25.8.